The number of esters is 1. The molecule has 11 heteroatoms. The molecule has 1 spiro atoms. The quantitative estimate of drug-likeness (QED) is 0.143. The molecule has 3 aromatic carbocycles. The Morgan fingerprint density at radius 3 is 2.37 bits per heavy atom. The minimum absolute atomic E-state index is 0.0160. The number of benzene rings is 3. The van der Waals surface area contributed by atoms with Crippen LogP contribution in [-0.2, 0) is 21.4 Å². The summed E-state index contributed by atoms with van der Waals surface area (Å²) in [6, 6.07) is 17.0. The van der Waals surface area contributed by atoms with Crippen molar-refractivity contribution in [1.82, 2.24) is 4.90 Å². The topological polar surface area (TPSA) is 155 Å². The maximum atomic E-state index is 10.6. The second kappa shape index (κ2) is 13.2. The average Bonchev–Trinajstić information content (AvgIpc) is 3.37. The summed E-state index contributed by atoms with van der Waals surface area (Å²) in [7, 11) is 3.91. The highest BCUT2D eigenvalue weighted by molar-refractivity contribution is 5.91. The van der Waals surface area contributed by atoms with Crippen LogP contribution in [-0.4, -0.2) is 77.0 Å². The summed E-state index contributed by atoms with van der Waals surface area (Å²) in [4.78, 5) is 34.2. The van der Waals surface area contributed by atoms with Crippen LogP contribution in [0.1, 0.15) is 41.8 Å². The number of carboxylic acids is 1. The zero-order valence-electron chi connectivity index (χ0n) is 26.1. The van der Waals surface area contributed by atoms with Crippen molar-refractivity contribution in [2.45, 2.75) is 50.4 Å². The first-order chi connectivity index (χ1) is 22.0. The summed E-state index contributed by atoms with van der Waals surface area (Å²) in [5.41, 5.74) is 3.28. The van der Waals surface area contributed by atoms with Gasteiger partial charge in [0.1, 0.15) is 29.3 Å². The van der Waals surface area contributed by atoms with Gasteiger partial charge in [-0.3, -0.25) is 9.59 Å². The molecule has 2 aliphatic carbocycles. The van der Waals surface area contributed by atoms with E-state index < -0.39 is 18.0 Å². The zero-order chi connectivity index (χ0) is 33.2. The number of carbonyl (C=O) groups excluding carboxylic acids is 2. The van der Waals surface area contributed by atoms with E-state index in [1.807, 2.05) is 12.1 Å². The number of carbonyl (C=O) groups is 3. The maximum Gasteiger partial charge on any atom is 0.339 e. The Bertz CT molecular complexity index is 1650. The highest BCUT2D eigenvalue weighted by Gasteiger charge is 2.64. The van der Waals surface area contributed by atoms with Crippen LogP contribution < -0.4 is 19.5 Å². The number of phenols is 1. The van der Waals surface area contributed by atoms with Gasteiger partial charge in [-0.15, -0.1) is 0 Å². The fourth-order valence-electron chi connectivity index (χ4n) is 7.02. The molecule has 1 fully saturated rings. The summed E-state index contributed by atoms with van der Waals surface area (Å²) < 4.78 is 16.5. The van der Waals surface area contributed by atoms with Gasteiger partial charge >= 0.3 is 11.9 Å². The number of amides is 1. The van der Waals surface area contributed by atoms with Gasteiger partial charge < -0.3 is 39.7 Å². The number of aliphatic hydroxyl groups excluding tert-OH is 1. The fraction of sp³-hybridized carbons (Fsp3) is 0.343. The van der Waals surface area contributed by atoms with Crippen molar-refractivity contribution in [3.8, 4) is 23.0 Å². The van der Waals surface area contributed by atoms with Gasteiger partial charge in [-0.1, -0.05) is 30.4 Å². The first kappa shape index (κ1) is 32.5. The molecule has 2 bridgehead atoms. The van der Waals surface area contributed by atoms with Crippen molar-refractivity contribution in [2.24, 2.45) is 5.92 Å². The molecular weight excluding hydrogens is 592 g/mol. The number of likely N-dealkylation sites (N-methyl/N-ethyl adjacent to an activating group) is 1. The molecule has 2 heterocycles. The molecule has 2 aliphatic heterocycles. The van der Waals surface area contributed by atoms with Crippen LogP contribution in [0.3, 0.4) is 0 Å². The summed E-state index contributed by atoms with van der Waals surface area (Å²) in [5, 5.41) is 30.7. The molecule has 0 radical (unpaired) electrons. The lowest BCUT2D eigenvalue weighted by molar-refractivity contribution is -0.131. The van der Waals surface area contributed by atoms with Crippen LogP contribution in [0.15, 0.2) is 72.8 Å². The number of carboxylic acid groups (broad SMARTS) is 1. The van der Waals surface area contributed by atoms with Crippen LogP contribution in [0.2, 0.25) is 0 Å². The first-order valence-electron chi connectivity index (χ1n) is 15.0. The van der Waals surface area contributed by atoms with E-state index in [2.05, 4.69) is 34.1 Å². The lowest BCUT2D eigenvalue weighted by Crippen LogP contribution is -2.64. The van der Waals surface area contributed by atoms with Gasteiger partial charge in [-0.05, 0) is 74.5 Å². The molecule has 3 aromatic rings. The minimum atomic E-state index is -1.11. The number of nitrogens with one attached hydrogen (secondary N) is 1. The van der Waals surface area contributed by atoms with Crippen LogP contribution in [0, 0.1) is 5.92 Å². The SMILES string of the molecule is CC(=O)Nc1ccc(O)cc1.CC(=O)Oc1ccccc1C(=O)O.COc1ccc2c3c1O[C@H]1[C@@H](O)C=C[C@H]4[C@@H](C2)N(C)CC[C@@]341. The van der Waals surface area contributed by atoms with Crippen LogP contribution in [0.4, 0.5) is 5.69 Å². The summed E-state index contributed by atoms with van der Waals surface area (Å²) >= 11 is 0. The number of para-hydroxylation sites is 1. The van der Waals surface area contributed by atoms with Crippen molar-refractivity contribution >= 4 is 23.5 Å². The third-order valence-corrected chi connectivity index (χ3v) is 8.91. The number of aromatic carboxylic acids is 1. The van der Waals surface area contributed by atoms with Crippen LogP contribution in [0.25, 0.3) is 0 Å². The van der Waals surface area contributed by atoms with Crippen molar-refractivity contribution in [3.63, 3.8) is 0 Å². The van der Waals surface area contributed by atoms with Gasteiger partial charge in [0.25, 0.3) is 0 Å². The molecule has 1 saturated heterocycles. The van der Waals surface area contributed by atoms with E-state index in [4.69, 9.17) is 19.7 Å². The molecule has 4 N–H and O–H groups in total. The Hall–Kier alpha value is -4.87. The monoisotopic (exact) mass is 630 g/mol. The Kier molecular flexibility index (Phi) is 9.36. The summed E-state index contributed by atoms with van der Waals surface area (Å²) in [5.74, 6) is 0.593. The van der Waals surface area contributed by atoms with Crippen LogP contribution >= 0.6 is 0 Å². The van der Waals surface area contributed by atoms with Crippen molar-refractivity contribution < 1.29 is 43.9 Å². The predicted octanol–water partition coefficient (Wildman–Crippen LogP) is 4.16. The Balaban J connectivity index is 0.000000149. The van der Waals surface area contributed by atoms with Gasteiger partial charge in [-0.25, -0.2) is 4.79 Å². The second-order valence-corrected chi connectivity index (χ2v) is 11.7. The van der Waals surface area contributed by atoms with Crippen molar-refractivity contribution in [1.29, 1.82) is 0 Å². The number of anilines is 1. The molecule has 0 saturated carbocycles. The Morgan fingerprint density at radius 2 is 1.72 bits per heavy atom. The number of hydrogen-bond acceptors (Lipinski definition) is 9. The molecule has 0 aromatic heterocycles. The van der Waals surface area contributed by atoms with E-state index in [0.717, 1.165) is 30.9 Å². The van der Waals surface area contributed by atoms with Crippen molar-refractivity contribution in [2.75, 3.05) is 26.0 Å². The largest absolute Gasteiger partial charge is 0.508 e. The molecule has 5 atom stereocenters. The summed E-state index contributed by atoms with van der Waals surface area (Å²) in [6.07, 6.45) is 5.54. The van der Waals surface area contributed by atoms with Crippen molar-refractivity contribution in [3.05, 3.63) is 89.5 Å². The third-order valence-electron chi connectivity index (χ3n) is 8.91. The lowest BCUT2D eigenvalue weighted by atomic mass is 9.53. The molecule has 7 rings (SSSR count). The number of aromatic hydroxyl groups is 1. The van der Waals surface area contributed by atoms with E-state index in [1.165, 1.54) is 49.2 Å². The predicted molar refractivity (Wildman–Crippen MR) is 170 cm³/mol. The number of phenolic OH excluding ortho intramolecular Hbond substituents is 1. The Labute approximate surface area is 267 Å². The van der Waals surface area contributed by atoms with Gasteiger partial charge in [0.05, 0.1) is 7.11 Å². The molecule has 242 valence electrons. The van der Waals surface area contributed by atoms with E-state index in [9.17, 15) is 19.5 Å². The highest BCUT2D eigenvalue weighted by atomic mass is 16.5. The highest BCUT2D eigenvalue weighted by Crippen LogP contribution is 2.62. The van der Waals surface area contributed by atoms with E-state index in [1.54, 1.807) is 31.4 Å². The summed E-state index contributed by atoms with van der Waals surface area (Å²) in [6.45, 7) is 3.71. The molecular formula is C35H38N2O9. The molecule has 4 aliphatic rings. The number of hydrogen-bond donors (Lipinski definition) is 4. The molecule has 0 unspecified atom stereocenters. The van der Waals surface area contributed by atoms with E-state index in [-0.39, 0.29) is 34.5 Å². The standard InChI is InChI=1S/C18H21NO3.C9H8O4.C8H9NO2/c1-19-8-7-18-11-4-5-13(20)17(18)22-16-14(21-2)6-3-10(15(16)18)9-12(11)19;1-6(10)13-8-5-3-2-4-7(8)9(11)12;1-6(10)9-7-2-4-8(11)5-3-7/h3-6,11-13,17,20H,7-9H2,1-2H3;2-5H,1H3,(H,11,12);2-5,11H,1H3,(H,9,10)/t11-,12+,13-,17-,18-;;/m0../s1. The lowest BCUT2D eigenvalue weighted by Gasteiger charge is -2.56. The van der Waals surface area contributed by atoms with Gasteiger partial charge in [0.2, 0.25) is 5.91 Å². The number of methoxy groups -OCH3 is 1. The fourth-order valence-corrected chi connectivity index (χ4v) is 7.02. The third kappa shape index (κ3) is 6.16. The number of rotatable bonds is 4. The minimum Gasteiger partial charge on any atom is -0.508 e. The normalized spacial score (nSPS) is 24.5. The van der Waals surface area contributed by atoms with E-state index >= 15 is 0 Å². The van der Waals surface area contributed by atoms with Gasteiger partial charge in [0.15, 0.2) is 11.5 Å². The molecule has 11 nitrogen and oxygen atoms in total. The Morgan fingerprint density at radius 1 is 1.00 bits per heavy atom. The number of piperidine rings is 1. The number of likely N-dealkylation sites (tertiary alicyclic amines) is 1. The number of ether oxygens (including phenoxy) is 3. The zero-order valence-corrected chi connectivity index (χ0v) is 26.1. The van der Waals surface area contributed by atoms with E-state index in [0.29, 0.717) is 17.6 Å². The van der Waals surface area contributed by atoms with Gasteiger partial charge in [0, 0.05) is 42.5 Å². The van der Waals surface area contributed by atoms with Crippen LogP contribution in [0.5, 0.6) is 23.0 Å². The first-order valence-corrected chi connectivity index (χ1v) is 15.0. The number of nitrogens with zero attached hydrogens (tertiary/aromatic N) is 1. The molecule has 1 amide bonds. The number of aliphatic hydroxyl groups is 1. The maximum absolute atomic E-state index is 10.6. The second-order valence-electron chi connectivity index (χ2n) is 11.7. The average molecular weight is 631 g/mol. The molecule has 46 heavy (non-hydrogen) atoms. The van der Waals surface area contributed by atoms with Gasteiger partial charge in [-0.2, -0.15) is 0 Å². The smallest absolute Gasteiger partial charge is 0.339 e.